The summed E-state index contributed by atoms with van der Waals surface area (Å²) in [5.41, 5.74) is -1.12. The van der Waals surface area contributed by atoms with E-state index in [1.165, 1.54) is 4.90 Å². The Morgan fingerprint density at radius 1 is 1.37 bits per heavy atom. The number of amides is 2. The van der Waals surface area contributed by atoms with Crippen molar-refractivity contribution in [1.29, 1.82) is 0 Å². The van der Waals surface area contributed by atoms with Crippen LogP contribution < -0.4 is 5.32 Å². The summed E-state index contributed by atoms with van der Waals surface area (Å²) >= 11 is 3.61. The number of aliphatic hydroxyl groups is 1. The molecule has 3 aliphatic heterocycles. The fraction of sp³-hybridized carbons (Fsp3) is 0.857. The topological polar surface area (TPSA) is 105 Å². The number of nitrogens with one attached hydrogen (secondary N) is 1. The first-order chi connectivity index (χ1) is 14.1. The lowest BCUT2D eigenvalue weighted by atomic mass is 9.70. The summed E-state index contributed by atoms with van der Waals surface area (Å²) in [5, 5.41) is 13.1. The van der Waals surface area contributed by atoms with E-state index >= 15 is 0 Å². The second kappa shape index (κ2) is 8.74. The first-order valence-corrected chi connectivity index (χ1v) is 11.8. The van der Waals surface area contributed by atoms with Crippen molar-refractivity contribution in [1.82, 2.24) is 10.2 Å². The number of fused-ring (bicyclic) bond motifs is 1. The van der Waals surface area contributed by atoms with Crippen molar-refractivity contribution < 1.29 is 29.0 Å². The zero-order chi connectivity index (χ0) is 22.4. The van der Waals surface area contributed by atoms with Gasteiger partial charge in [-0.2, -0.15) is 0 Å². The van der Waals surface area contributed by atoms with Crippen molar-refractivity contribution in [3.63, 3.8) is 0 Å². The molecular formula is C21H33BrN2O6. The Hall–Kier alpha value is -1.19. The monoisotopic (exact) mass is 488 g/mol. The highest BCUT2D eigenvalue weighted by atomic mass is 79.9. The molecule has 3 fully saturated rings. The summed E-state index contributed by atoms with van der Waals surface area (Å²) in [6.45, 7) is 9.30. The Balaban J connectivity index is 2.10. The average molecular weight is 489 g/mol. The minimum Gasteiger partial charge on any atom is -0.466 e. The number of nitrogens with zero attached hydrogens (tertiary/aromatic N) is 1. The molecule has 0 radical (unpaired) electrons. The van der Waals surface area contributed by atoms with Crippen LogP contribution in [0.5, 0.6) is 0 Å². The minimum absolute atomic E-state index is 0.0264. The molecule has 3 rings (SSSR count). The summed E-state index contributed by atoms with van der Waals surface area (Å²) in [4.78, 5) is 41.3. The molecule has 0 aromatic heterocycles. The highest BCUT2D eigenvalue weighted by Crippen LogP contribution is 2.60. The molecule has 0 aromatic rings. The number of carbonyl (C=O) groups is 3. The molecule has 8 nitrogen and oxygen atoms in total. The van der Waals surface area contributed by atoms with E-state index in [0.717, 1.165) is 6.42 Å². The number of aliphatic hydroxyl groups excluding tert-OH is 1. The van der Waals surface area contributed by atoms with Gasteiger partial charge in [0.25, 0.3) is 0 Å². The van der Waals surface area contributed by atoms with Gasteiger partial charge in [-0.1, -0.05) is 36.2 Å². The molecule has 2 bridgehead atoms. The second-order valence-electron chi connectivity index (χ2n) is 8.96. The van der Waals surface area contributed by atoms with Crippen LogP contribution in [0.3, 0.4) is 0 Å². The van der Waals surface area contributed by atoms with E-state index in [0.29, 0.717) is 6.42 Å². The summed E-state index contributed by atoms with van der Waals surface area (Å²) in [6.07, 6.45) is 0.650. The summed E-state index contributed by atoms with van der Waals surface area (Å²) < 4.78 is 11.6. The molecule has 30 heavy (non-hydrogen) atoms. The Bertz CT molecular complexity index is 703. The van der Waals surface area contributed by atoms with Crippen LogP contribution in [-0.2, 0) is 23.9 Å². The number of alkyl halides is 1. The lowest BCUT2D eigenvalue weighted by Gasteiger charge is -2.39. The van der Waals surface area contributed by atoms with Gasteiger partial charge in [0.15, 0.2) is 0 Å². The number of carbonyl (C=O) groups excluding carboxylic acids is 3. The van der Waals surface area contributed by atoms with E-state index < -0.39 is 41.6 Å². The third kappa shape index (κ3) is 3.46. The van der Waals surface area contributed by atoms with Gasteiger partial charge in [-0.15, -0.1) is 0 Å². The lowest BCUT2D eigenvalue weighted by Crippen LogP contribution is -2.60. The molecule has 3 aliphatic rings. The molecule has 9 heteroatoms. The Morgan fingerprint density at radius 2 is 2.03 bits per heavy atom. The number of likely N-dealkylation sites (tertiary alicyclic amines) is 1. The summed E-state index contributed by atoms with van der Waals surface area (Å²) in [7, 11) is 0. The molecule has 3 heterocycles. The van der Waals surface area contributed by atoms with E-state index in [2.05, 4.69) is 21.2 Å². The van der Waals surface area contributed by atoms with E-state index in [4.69, 9.17) is 9.47 Å². The van der Waals surface area contributed by atoms with Crippen LogP contribution in [0.2, 0.25) is 0 Å². The number of esters is 1. The maximum absolute atomic E-state index is 13.8. The lowest BCUT2D eigenvalue weighted by molar-refractivity contribution is -0.155. The van der Waals surface area contributed by atoms with Gasteiger partial charge in [0, 0.05) is 10.9 Å². The van der Waals surface area contributed by atoms with E-state index in [9.17, 15) is 19.5 Å². The number of rotatable bonds is 8. The minimum atomic E-state index is -1.12. The fourth-order valence-corrected chi connectivity index (χ4v) is 6.35. The summed E-state index contributed by atoms with van der Waals surface area (Å²) in [6, 6.07) is -1.57. The van der Waals surface area contributed by atoms with E-state index in [1.54, 1.807) is 6.92 Å². The van der Waals surface area contributed by atoms with Gasteiger partial charge in [-0.05, 0) is 33.1 Å². The molecule has 0 saturated carbocycles. The van der Waals surface area contributed by atoms with Crippen LogP contribution in [0.15, 0.2) is 0 Å². The second-order valence-corrected chi connectivity index (χ2v) is 10.1. The zero-order valence-electron chi connectivity index (χ0n) is 18.3. The first-order valence-electron chi connectivity index (χ1n) is 10.9. The Labute approximate surface area is 186 Å². The number of halogens is 1. The van der Waals surface area contributed by atoms with Crippen molar-refractivity contribution in [3.05, 3.63) is 0 Å². The highest BCUT2D eigenvalue weighted by Gasteiger charge is 2.77. The fourth-order valence-electron chi connectivity index (χ4n) is 5.41. The van der Waals surface area contributed by atoms with Gasteiger partial charge in [0.2, 0.25) is 11.8 Å². The third-order valence-corrected chi connectivity index (χ3v) is 7.66. The van der Waals surface area contributed by atoms with Crippen LogP contribution in [0.25, 0.3) is 0 Å². The van der Waals surface area contributed by atoms with Crippen molar-refractivity contribution in [3.8, 4) is 0 Å². The zero-order valence-corrected chi connectivity index (χ0v) is 19.8. The van der Waals surface area contributed by atoms with Gasteiger partial charge in [0.05, 0.1) is 37.2 Å². The average Bonchev–Trinajstić information content (AvgIpc) is 3.26. The Kier molecular flexibility index (Phi) is 6.84. The maximum Gasteiger partial charge on any atom is 0.312 e. The van der Waals surface area contributed by atoms with Gasteiger partial charge < -0.3 is 24.8 Å². The van der Waals surface area contributed by atoms with E-state index in [1.807, 2.05) is 27.7 Å². The van der Waals surface area contributed by atoms with Crippen LogP contribution >= 0.6 is 15.9 Å². The quantitative estimate of drug-likeness (QED) is 0.393. The van der Waals surface area contributed by atoms with Gasteiger partial charge >= 0.3 is 5.97 Å². The molecule has 1 unspecified atom stereocenters. The predicted octanol–water partition coefficient (Wildman–Crippen LogP) is 1.23. The van der Waals surface area contributed by atoms with Gasteiger partial charge in [-0.25, -0.2) is 0 Å². The molecule has 2 N–H and O–H groups in total. The maximum atomic E-state index is 13.8. The predicted molar refractivity (Wildman–Crippen MR) is 113 cm³/mol. The smallest absolute Gasteiger partial charge is 0.312 e. The highest BCUT2D eigenvalue weighted by molar-refractivity contribution is 9.09. The van der Waals surface area contributed by atoms with Crippen LogP contribution in [0, 0.1) is 17.8 Å². The molecule has 2 amide bonds. The molecule has 1 spiro atoms. The van der Waals surface area contributed by atoms with Crippen molar-refractivity contribution >= 4 is 33.7 Å². The number of hydrogen-bond acceptors (Lipinski definition) is 6. The van der Waals surface area contributed by atoms with Crippen LogP contribution in [-0.4, -0.2) is 75.7 Å². The number of ether oxygens (including phenoxy) is 2. The molecular weight excluding hydrogens is 456 g/mol. The normalized spacial score (nSPS) is 36.7. The molecule has 8 atom stereocenters. The Morgan fingerprint density at radius 3 is 2.57 bits per heavy atom. The SMILES string of the molecule is CCOC(=O)[C@@H]1[C@H]2O[C@@]3(CC2Br)[C@H](C(=O)NC(C)C)N([C@@H](CO)[C@@H](C)CC)C(=O)[C@@H]13. The standard InChI is InChI=1S/C21H33BrN2O6/c1-6-11(5)13(9-25)24-17(18(26)23-10(3)4)21-8-12(22)16(30-21)14(15(21)19(24)27)20(28)29-7-2/h10-17,25H,6-9H2,1-5H3,(H,23,26)/t11-,12?,13-,14-,15+,16-,17-,21+/m0/s1. The molecule has 3 saturated heterocycles. The van der Waals surface area contributed by atoms with Gasteiger partial charge in [0.1, 0.15) is 11.6 Å². The largest absolute Gasteiger partial charge is 0.466 e. The first kappa shape index (κ1) is 23.5. The van der Waals surface area contributed by atoms with Crippen LogP contribution in [0.1, 0.15) is 47.5 Å². The number of hydrogen-bond donors (Lipinski definition) is 2. The van der Waals surface area contributed by atoms with Crippen molar-refractivity contribution in [2.75, 3.05) is 13.2 Å². The van der Waals surface area contributed by atoms with E-state index in [-0.39, 0.29) is 41.8 Å². The van der Waals surface area contributed by atoms with Crippen molar-refractivity contribution in [2.45, 2.75) is 82.1 Å². The molecule has 170 valence electrons. The van der Waals surface area contributed by atoms with Crippen LogP contribution in [0.4, 0.5) is 0 Å². The van der Waals surface area contributed by atoms with Gasteiger partial charge in [-0.3, -0.25) is 14.4 Å². The molecule has 0 aromatic carbocycles. The summed E-state index contributed by atoms with van der Waals surface area (Å²) in [5.74, 6) is -2.68. The van der Waals surface area contributed by atoms with Crippen molar-refractivity contribution in [2.24, 2.45) is 17.8 Å². The third-order valence-electron chi connectivity index (χ3n) is 6.81. The molecule has 0 aliphatic carbocycles.